The molecule has 9 heteroatoms. The number of nitrogens with one attached hydrogen (secondary N) is 2. The Bertz CT molecular complexity index is 807. The Balaban J connectivity index is 1.52. The summed E-state index contributed by atoms with van der Waals surface area (Å²) in [5.74, 6) is 2.26. The van der Waals surface area contributed by atoms with Crippen LogP contribution in [0.2, 0.25) is 0 Å². The first kappa shape index (κ1) is 23.0. The summed E-state index contributed by atoms with van der Waals surface area (Å²) in [5.41, 5.74) is 1.15. The number of alkyl halides is 3. The smallest absolute Gasteiger partial charge is 0.401 e. The molecule has 0 spiro atoms. The van der Waals surface area contributed by atoms with Crippen molar-refractivity contribution in [1.82, 2.24) is 15.5 Å². The van der Waals surface area contributed by atoms with Crippen molar-refractivity contribution in [3.05, 3.63) is 54.0 Å². The fourth-order valence-electron chi connectivity index (χ4n) is 3.54. The van der Waals surface area contributed by atoms with Gasteiger partial charge in [-0.25, -0.2) is 0 Å². The molecule has 0 saturated carbocycles. The topological polar surface area (TPSA) is 62.0 Å². The molecular formula is C22H29F3N4O2. The highest BCUT2D eigenvalue weighted by atomic mass is 19.4. The van der Waals surface area contributed by atoms with E-state index in [1.165, 1.54) is 4.90 Å². The Morgan fingerprint density at radius 1 is 1.23 bits per heavy atom. The van der Waals surface area contributed by atoms with Crippen molar-refractivity contribution in [3.8, 4) is 5.75 Å². The SMILES string of the molecule is COc1ccc(CCNC(=NCCc2ccco2)NC2CCN(CC(F)(F)F)C2)cc1. The van der Waals surface area contributed by atoms with Crippen LogP contribution in [-0.2, 0) is 12.8 Å². The van der Waals surface area contributed by atoms with Crippen molar-refractivity contribution in [2.45, 2.75) is 31.5 Å². The molecule has 1 aliphatic rings. The van der Waals surface area contributed by atoms with Crippen LogP contribution < -0.4 is 15.4 Å². The fourth-order valence-corrected chi connectivity index (χ4v) is 3.54. The van der Waals surface area contributed by atoms with Crippen molar-refractivity contribution < 1.29 is 22.3 Å². The van der Waals surface area contributed by atoms with Crippen molar-refractivity contribution >= 4 is 5.96 Å². The van der Waals surface area contributed by atoms with E-state index in [9.17, 15) is 13.2 Å². The van der Waals surface area contributed by atoms with E-state index >= 15 is 0 Å². The average Bonchev–Trinajstić information content (AvgIpc) is 3.39. The van der Waals surface area contributed by atoms with Gasteiger partial charge in [-0.15, -0.1) is 0 Å². The van der Waals surface area contributed by atoms with Crippen LogP contribution in [0.5, 0.6) is 5.75 Å². The molecule has 0 radical (unpaired) electrons. The molecule has 0 aliphatic carbocycles. The Morgan fingerprint density at radius 3 is 2.71 bits per heavy atom. The highest BCUT2D eigenvalue weighted by molar-refractivity contribution is 5.80. The van der Waals surface area contributed by atoms with Crippen LogP contribution in [0.1, 0.15) is 17.7 Å². The van der Waals surface area contributed by atoms with Crippen molar-refractivity contribution in [2.75, 3.05) is 39.8 Å². The lowest BCUT2D eigenvalue weighted by molar-refractivity contribution is -0.143. The van der Waals surface area contributed by atoms with Gasteiger partial charge in [0.2, 0.25) is 0 Å². The second-order valence-corrected chi connectivity index (χ2v) is 7.56. The first-order valence-electron chi connectivity index (χ1n) is 10.4. The standard InChI is InChI=1S/C22H29F3N4O2/c1-30-19-6-4-17(5-7-19)8-11-26-21(27-12-9-20-3-2-14-31-20)28-18-10-13-29(15-18)16-22(23,24)25/h2-7,14,18H,8-13,15-16H2,1H3,(H2,26,27,28). The summed E-state index contributed by atoms with van der Waals surface area (Å²) in [6, 6.07) is 11.5. The van der Waals surface area contributed by atoms with E-state index in [4.69, 9.17) is 9.15 Å². The normalized spacial score (nSPS) is 17.7. The molecule has 2 aromatic rings. The van der Waals surface area contributed by atoms with Gasteiger partial charge in [0.05, 0.1) is 19.9 Å². The molecular weight excluding hydrogens is 409 g/mol. The number of guanidine groups is 1. The molecule has 1 fully saturated rings. The molecule has 3 rings (SSSR count). The summed E-state index contributed by atoms with van der Waals surface area (Å²) < 4.78 is 48.5. The minimum atomic E-state index is -4.18. The number of likely N-dealkylation sites (tertiary alicyclic amines) is 1. The highest BCUT2D eigenvalue weighted by Gasteiger charge is 2.34. The van der Waals surface area contributed by atoms with Gasteiger partial charge in [0.1, 0.15) is 11.5 Å². The molecule has 2 N–H and O–H groups in total. The van der Waals surface area contributed by atoms with Crippen molar-refractivity contribution in [1.29, 1.82) is 0 Å². The molecule has 0 bridgehead atoms. The number of aliphatic imine (C=N–C) groups is 1. The lowest BCUT2D eigenvalue weighted by Gasteiger charge is -2.20. The predicted molar refractivity (Wildman–Crippen MR) is 113 cm³/mol. The van der Waals surface area contributed by atoms with E-state index in [2.05, 4.69) is 15.6 Å². The van der Waals surface area contributed by atoms with Gasteiger partial charge in [-0.1, -0.05) is 12.1 Å². The fraction of sp³-hybridized carbons (Fsp3) is 0.500. The molecule has 1 saturated heterocycles. The number of nitrogens with zero attached hydrogens (tertiary/aromatic N) is 2. The Kier molecular flexibility index (Phi) is 8.22. The zero-order chi connectivity index (χ0) is 22.1. The number of hydrogen-bond acceptors (Lipinski definition) is 4. The van der Waals surface area contributed by atoms with Gasteiger partial charge in [-0.05, 0) is 42.7 Å². The quantitative estimate of drug-likeness (QED) is 0.465. The van der Waals surface area contributed by atoms with E-state index in [1.54, 1.807) is 13.4 Å². The van der Waals surface area contributed by atoms with Gasteiger partial charge in [0.15, 0.2) is 5.96 Å². The summed E-state index contributed by atoms with van der Waals surface area (Å²) in [6.45, 7) is 1.06. The summed E-state index contributed by atoms with van der Waals surface area (Å²) >= 11 is 0. The van der Waals surface area contributed by atoms with E-state index in [-0.39, 0.29) is 6.04 Å². The molecule has 1 aromatic carbocycles. The van der Waals surface area contributed by atoms with E-state index in [1.807, 2.05) is 36.4 Å². The number of hydrogen-bond donors (Lipinski definition) is 2. The van der Waals surface area contributed by atoms with Gasteiger partial charge >= 0.3 is 6.18 Å². The Labute approximate surface area is 180 Å². The lowest BCUT2D eigenvalue weighted by atomic mass is 10.1. The molecule has 1 aromatic heterocycles. The van der Waals surface area contributed by atoms with E-state index in [0.717, 1.165) is 23.5 Å². The van der Waals surface area contributed by atoms with Gasteiger partial charge in [-0.3, -0.25) is 9.89 Å². The molecule has 2 heterocycles. The summed E-state index contributed by atoms with van der Waals surface area (Å²) in [5, 5.41) is 6.60. The van der Waals surface area contributed by atoms with Crippen LogP contribution in [0.15, 0.2) is 52.1 Å². The van der Waals surface area contributed by atoms with Crippen LogP contribution >= 0.6 is 0 Å². The minimum Gasteiger partial charge on any atom is -0.497 e. The van der Waals surface area contributed by atoms with Gasteiger partial charge in [0.25, 0.3) is 0 Å². The van der Waals surface area contributed by atoms with Crippen molar-refractivity contribution in [2.24, 2.45) is 4.99 Å². The Hall–Kier alpha value is -2.68. The molecule has 170 valence electrons. The summed E-state index contributed by atoms with van der Waals surface area (Å²) in [4.78, 5) is 6.02. The molecule has 1 atom stereocenters. The second-order valence-electron chi connectivity index (χ2n) is 7.56. The zero-order valence-corrected chi connectivity index (χ0v) is 17.6. The zero-order valence-electron chi connectivity index (χ0n) is 17.6. The first-order valence-corrected chi connectivity index (χ1v) is 10.4. The molecule has 0 amide bonds. The number of ether oxygens (including phenoxy) is 1. The summed E-state index contributed by atoms with van der Waals surface area (Å²) in [7, 11) is 1.63. The van der Waals surface area contributed by atoms with Crippen LogP contribution in [0.25, 0.3) is 0 Å². The third-order valence-corrected chi connectivity index (χ3v) is 5.09. The maximum Gasteiger partial charge on any atom is 0.401 e. The number of rotatable bonds is 9. The van der Waals surface area contributed by atoms with Gasteiger partial charge in [0, 0.05) is 38.6 Å². The van der Waals surface area contributed by atoms with Crippen LogP contribution in [0.3, 0.4) is 0 Å². The number of methoxy groups -OCH3 is 1. The molecule has 6 nitrogen and oxygen atoms in total. The lowest BCUT2D eigenvalue weighted by Crippen LogP contribution is -2.45. The number of halogens is 3. The van der Waals surface area contributed by atoms with E-state index < -0.39 is 12.7 Å². The van der Waals surface area contributed by atoms with E-state index in [0.29, 0.717) is 45.0 Å². The van der Waals surface area contributed by atoms with Gasteiger partial charge < -0.3 is 19.8 Å². The number of furan rings is 1. The van der Waals surface area contributed by atoms with Crippen molar-refractivity contribution in [3.63, 3.8) is 0 Å². The molecule has 31 heavy (non-hydrogen) atoms. The molecule has 1 aliphatic heterocycles. The highest BCUT2D eigenvalue weighted by Crippen LogP contribution is 2.20. The average molecular weight is 438 g/mol. The third kappa shape index (κ3) is 8.16. The molecule has 1 unspecified atom stereocenters. The summed E-state index contributed by atoms with van der Waals surface area (Å²) in [6.07, 6.45) is -0.463. The van der Waals surface area contributed by atoms with Crippen LogP contribution in [0.4, 0.5) is 13.2 Å². The number of benzene rings is 1. The van der Waals surface area contributed by atoms with Crippen LogP contribution in [0, 0.1) is 0 Å². The first-order chi connectivity index (χ1) is 14.9. The third-order valence-electron chi connectivity index (χ3n) is 5.09. The predicted octanol–water partition coefficient (Wildman–Crippen LogP) is 3.25. The maximum absolute atomic E-state index is 12.7. The van der Waals surface area contributed by atoms with Gasteiger partial charge in [-0.2, -0.15) is 13.2 Å². The minimum absolute atomic E-state index is 0.0711. The Morgan fingerprint density at radius 2 is 2.03 bits per heavy atom. The largest absolute Gasteiger partial charge is 0.497 e. The maximum atomic E-state index is 12.7. The second kappa shape index (κ2) is 11.1. The van der Waals surface area contributed by atoms with Crippen LogP contribution in [-0.4, -0.2) is 62.9 Å². The monoisotopic (exact) mass is 438 g/mol.